The first-order valence-electron chi connectivity index (χ1n) is 5.17. The first kappa shape index (κ1) is 12.4. The van der Waals surface area contributed by atoms with Crippen molar-refractivity contribution in [2.45, 2.75) is 17.2 Å². The molecule has 0 spiro atoms. The van der Waals surface area contributed by atoms with Gasteiger partial charge in [0.1, 0.15) is 12.1 Å². The van der Waals surface area contributed by atoms with Gasteiger partial charge in [0.15, 0.2) is 5.03 Å². The molecular weight excluding hydrogens is 256 g/mol. The van der Waals surface area contributed by atoms with Gasteiger partial charge in [-0.1, -0.05) is 0 Å². The van der Waals surface area contributed by atoms with Gasteiger partial charge in [0, 0.05) is 12.6 Å². The minimum atomic E-state index is -0.478. The zero-order valence-corrected chi connectivity index (χ0v) is 10.3. The van der Waals surface area contributed by atoms with Gasteiger partial charge in [0.05, 0.1) is 11.1 Å². The topological polar surface area (TPSA) is 94.1 Å². The summed E-state index contributed by atoms with van der Waals surface area (Å²) in [6.07, 6.45) is 2.88. The van der Waals surface area contributed by atoms with E-state index in [9.17, 15) is 10.1 Å². The van der Waals surface area contributed by atoms with Gasteiger partial charge in [-0.05, 0) is 24.8 Å². The number of nitrogens with one attached hydrogen (secondary N) is 1. The first-order valence-corrected chi connectivity index (χ1v) is 5.99. The Balaban J connectivity index is 2.34. The Morgan fingerprint density at radius 1 is 1.56 bits per heavy atom. The van der Waals surface area contributed by atoms with Crippen LogP contribution < -0.4 is 5.32 Å². The van der Waals surface area contributed by atoms with Crippen LogP contribution in [0, 0.1) is 10.1 Å². The molecule has 0 aliphatic rings. The summed E-state index contributed by atoms with van der Waals surface area (Å²) >= 11 is 1.02. The molecule has 2 aromatic heterocycles. The molecule has 8 heteroatoms. The Morgan fingerprint density at radius 2 is 2.39 bits per heavy atom. The van der Waals surface area contributed by atoms with Crippen LogP contribution >= 0.6 is 11.8 Å². The molecule has 2 heterocycles. The lowest BCUT2D eigenvalue weighted by atomic mass is 10.4. The first-order chi connectivity index (χ1) is 8.70. The van der Waals surface area contributed by atoms with Gasteiger partial charge in [-0.25, -0.2) is 9.97 Å². The van der Waals surface area contributed by atoms with Gasteiger partial charge < -0.3 is 9.73 Å². The Morgan fingerprint density at radius 3 is 3.00 bits per heavy atom. The normalized spacial score (nSPS) is 10.3. The van der Waals surface area contributed by atoms with Crippen LogP contribution in [-0.2, 0) is 0 Å². The van der Waals surface area contributed by atoms with E-state index in [1.807, 2.05) is 6.92 Å². The van der Waals surface area contributed by atoms with Crippen LogP contribution in [0.2, 0.25) is 0 Å². The van der Waals surface area contributed by atoms with E-state index in [1.165, 1.54) is 18.5 Å². The summed E-state index contributed by atoms with van der Waals surface area (Å²) in [5, 5.41) is 14.5. The quantitative estimate of drug-likeness (QED) is 0.656. The standard InChI is InChI=1S/C10H10N4O3S/c1-2-11-8-4-3-7(14(15)16)9(13-8)18-10-12-5-6-17-10/h3-6H,2H2,1H3,(H,11,13). The third-order valence-corrected chi connectivity index (χ3v) is 2.86. The summed E-state index contributed by atoms with van der Waals surface area (Å²) in [5.41, 5.74) is -0.0696. The minimum absolute atomic E-state index is 0.0696. The molecule has 0 fully saturated rings. The number of pyridine rings is 1. The number of anilines is 1. The Labute approximate surface area is 107 Å². The zero-order valence-electron chi connectivity index (χ0n) is 9.49. The maximum atomic E-state index is 10.9. The maximum absolute atomic E-state index is 10.9. The molecule has 0 aliphatic carbocycles. The van der Waals surface area contributed by atoms with Crippen molar-refractivity contribution in [2.75, 3.05) is 11.9 Å². The number of hydrogen-bond donors (Lipinski definition) is 1. The number of aromatic nitrogens is 2. The summed E-state index contributed by atoms with van der Waals surface area (Å²) in [7, 11) is 0. The van der Waals surface area contributed by atoms with E-state index < -0.39 is 4.92 Å². The molecule has 0 atom stereocenters. The van der Waals surface area contributed by atoms with Crippen molar-refractivity contribution in [3.8, 4) is 0 Å². The number of oxazole rings is 1. The smallest absolute Gasteiger partial charge is 0.302 e. The van der Waals surface area contributed by atoms with E-state index in [0.717, 1.165) is 11.8 Å². The number of nitrogens with zero attached hydrogens (tertiary/aromatic N) is 3. The fourth-order valence-electron chi connectivity index (χ4n) is 1.27. The number of rotatable bonds is 5. The molecule has 0 saturated heterocycles. The van der Waals surface area contributed by atoms with Gasteiger partial charge in [0.25, 0.3) is 5.22 Å². The van der Waals surface area contributed by atoms with Crippen molar-refractivity contribution in [1.29, 1.82) is 0 Å². The largest absolute Gasteiger partial charge is 0.440 e. The molecule has 0 unspecified atom stereocenters. The van der Waals surface area contributed by atoms with Crippen LogP contribution in [0.15, 0.2) is 39.3 Å². The average Bonchev–Trinajstić information content (AvgIpc) is 2.82. The predicted octanol–water partition coefficient (Wildman–Crippen LogP) is 2.56. The highest BCUT2D eigenvalue weighted by Crippen LogP contribution is 2.33. The van der Waals surface area contributed by atoms with Crippen molar-refractivity contribution >= 4 is 23.3 Å². The minimum Gasteiger partial charge on any atom is -0.440 e. The molecule has 0 saturated carbocycles. The lowest BCUT2D eigenvalue weighted by molar-refractivity contribution is -0.388. The van der Waals surface area contributed by atoms with E-state index in [-0.39, 0.29) is 10.7 Å². The fourth-order valence-corrected chi connectivity index (χ4v) is 2.04. The third kappa shape index (κ3) is 2.77. The van der Waals surface area contributed by atoms with E-state index >= 15 is 0 Å². The summed E-state index contributed by atoms with van der Waals surface area (Å²) in [4.78, 5) is 18.5. The molecule has 0 amide bonds. The second-order valence-corrected chi connectivity index (χ2v) is 4.15. The van der Waals surface area contributed by atoms with Gasteiger partial charge in [-0.15, -0.1) is 0 Å². The van der Waals surface area contributed by atoms with Crippen LogP contribution in [0.3, 0.4) is 0 Å². The molecule has 0 aliphatic heterocycles. The van der Waals surface area contributed by atoms with Crippen molar-refractivity contribution < 1.29 is 9.34 Å². The molecule has 94 valence electrons. The average molecular weight is 266 g/mol. The maximum Gasteiger partial charge on any atom is 0.302 e. The van der Waals surface area contributed by atoms with E-state index in [0.29, 0.717) is 17.6 Å². The second-order valence-electron chi connectivity index (χ2n) is 3.21. The molecule has 2 aromatic rings. The Bertz CT molecular complexity index is 544. The lowest BCUT2D eigenvalue weighted by Crippen LogP contribution is -2.01. The van der Waals surface area contributed by atoms with Crippen LogP contribution in [0.1, 0.15) is 6.92 Å². The summed E-state index contributed by atoms with van der Waals surface area (Å²) < 4.78 is 5.04. The van der Waals surface area contributed by atoms with Crippen molar-refractivity contribution in [3.63, 3.8) is 0 Å². The highest BCUT2D eigenvalue weighted by atomic mass is 32.2. The molecule has 0 radical (unpaired) electrons. The molecule has 18 heavy (non-hydrogen) atoms. The number of hydrogen-bond acceptors (Lipinski definition) is 7. The van der Waals surface area contributed by atoms with Gasteiger partial charge >= 0.3 is 5.69 Å². The zero-order chi connectivity index (χ0) is 13.0. The lowest BCUT2D eigenvalue weighted by Gasteiger charge is -2.04. The van der Waals surface area contributed by atoms with E-state index in [1.54, 1.807) is 6.07 Å². The molecule has 1 N–H and O–H groups in total. The van der Waals surface area contributed by atoms with Gasteiger partial charge in [-0.2, -0.15) is 0 Å². The molecule has 0 aromatic carbocycles. The number of nitro groups is 1. The van der Waals surface area contributed by atoms with Crippen molar-refractivity contribution in [3.05, 3.63) is 34.7 Å². The third-order valence-electron chi connectivity index (χ3n) is 1.99. The van der Waals surface area contributed by atoms with Crippen molar-refractivity contribution in [1.82, 2.24) is 9.97 Å². The summed E-state index contributed by atoms with van der Waals surface area (Å²) in [5.74, 6) is 0.581. The molecule has 0 bridgehead atoms. The van der Waals surface area contributed by atoms with Gasteiger partial charge in [0.2, 0.25) is 0 Å². The monoisotopic (exact) mass is 266 g/mol. The highest BCUT2D eigenvalue weighted by molar-refractivity contribution is 7.99. The van der Waals surface area contributed by atoms with Crippen LogP contribution in [0.5, 0.6) is 0 Å². The Kier molecular flexibility index (Phi) is 3.78. The molecular formula is C10H10N4O3S. The molecule has 7 nitrogen and oxygen atoms in total. The van der Waals surface area contributed by atoms with E-state index in [4.69, 9.17) is 4.42 Å². The second kappa shape index (κ2) is 5.50. The van der Waals surface area contributed by atoms with E-state index in [2.05, 4.69) is 15.3 Å². The van der Waals surface area contributed by atoms with Crippen LogP contribution in [0.4, 0.5) is 11.5 Å². The van der Waals surface area contributed by atoms with Gasteiger partial charge in [-0.3, -0.25) is 10.1 Å². The SMILES string of the molecule is CCNc1ccc([N+](=O)[O-])c(Sc2ncco2)n1. The summed E-state index contributed by atoms with van der Waals surface area (Å²) in [6.45, 7) is 2.61. The highest BCUT2D eigenvalue weighted by Gasteiger charge is 2.18. The molecule has 2 rings (SSSR count). The van der Waals surface area contributed by atoms with Crippen LogP contribution in [0.25, 0.3) is 0 Å². The summed E-state index contributed by atoms with van der Waals surface area (Å²) in [6, 6.07) is 2.98. The Hall–Kier alpha value is -2.09. The van der Waals surface area contributed by atoms with Crippen LogP contribution in [-0.4, -0.2) is 21.4 Å². The fraction of sp³-hybridized carbons (Fsp3) is 0.200. The van der Waals surface area contributed by atoms with Crippen molar-refractivity contribution in [2.24, 2.45) is 0 Å². The predicted molar refractivity (Wildman–Crippen MR) is 65.7 cm³/mol.